The molecule has 2 fully saturated rings. The number of ketones is 1. The van der Waals surface area contributed by atoms with Crippen molar-refractivity contribution in [3.05, 3.63) is 126 Å². The number of fused-ring (bicyclic) bond motifs is 1. The van der Waals surface area contributed by atoms with Crippen LogP contribution in [0.3, 0.4) is 0 Å². The van der Waals surface area contributed by atoms with Gasteiger partial charge in [-0.3, -0.25) is 28.9 Å². The monoisotopic (exact) mass is 811 g/mol. The molecule has 11 heteroatoms. The van der Waals surface area contributed by atoms with Gasteiger partial charge in [-0.05, 0) is 106 Å². The Morgan fingerprint density at radius 1 is 0.767 bits per heavy atom. The van der Waals surface area contributed by atoms with E-state index in [1.54, 1.807) is 23.6 Å². The first-order valence-electron chi connectivity index (χ1n) is 20.6. The summed E-state index contributed by atoms with van der Waals surface area (Å²) in [7, 11) is 3.76. The zero-order valence-corrected chi connectivity index (χ0v) is 34.2. The molecule has 0 unspecified atom stereocenters. The summed E-state index contributed by atoms with van der Waals surface area (Å²) in [5.74, 6) is -1.70. The normalized spacial score (nSPS) is 17.4. The third kappa shape index (κ3) is 9.85. The Balaban J connectivity index is 0.00000604. The average molecular weight is 812 g/mol. The van der Waals surface area contributed by atoms with Crippen LogP contribution < -0.4 is 5.32 Å². The molecular weight excluding hydrogens is 755 g/mol. The second-order valence-corrected chi connectivity index (χ2v) is 16.2. The van der Waals surface area contributed by atoms with Gasteiger partial charge in [0.15, 0.2) is 5.78 Å². The number of aromatic amines is 1. The zero-order valence-electron chi connectivity index (χ0n) is 34.2. The number of amides is 3. The fourth-order valence-electron chi connectivity index (χ4n) is 8.56. The molecule has 314 valence electrons. The fraction of sp³-hybridized carbons (Fsp3) is 0.367. The van der Waals surface area contributed by atoms with E-state index in [1.807, 2.05) is 128 Å². The van der Waals surface area contributed by atoms with E-state index in [4.69, 9.17) is 4.74 Å². The number of hydrogen-bond acceptors (Lipinski definition) is 7. The number of likely N-dealkylation sites (N-methyl/N-ethyl adjacent to an activating group) is 1. The van der Waals surface area contributed by atoms with Crippen LogP contribution in [-0.2, 0) is 35.1 Å². The lowest BCUT2D eigenvalue weighted by Gasteiger charge is -2.31. The molecule has 2 aliphatic heterocycles. The molecule has 11 nitrogen and oxygen atoms in total. The Hall–Kier alpha value is -6.07. The predicted molar refractivity (Wildman–Crippen MR) is 235 cm³/mol. The van der Waals surface area contributed by atoms with Crippen molar-refractivity contribution in [2.75, 3.05) is 32.5 Å². The molecule has 5 aromatic rings. The molecule has 0 bridgehead atoms. The first-order chi connectivity index (χ1) is 28.5. The lowest BCUT2D eigenvalue weighted by molar-refractivity contribution is -0.150. The summed E-state index contributed by atoms with van der Waals surface area (Å²) in [5.41, 5.74) is 5.86. The van der Waals surface area contributed by atoms with Crippen LogP contribution >= 0.6 is 0 Å². The Morgan fingerprint density at radius 3 is 2.02 bits per heavy atom. The first kappa shape index (κ1) is 43.5. The van der Waals surface area contributed by atoms with E-state index in [1.165, 1.54) is 0 Å². The first-order valence-corrected chi connectivity index (χ1v) is 20.6. The molecular formula is C49H57N5O6. The molecule has 4 aromatic carbocycles. The molecule has 7 rings (SSSR count). The Morgan fingerprint density at radius 2 is 1.38 bits per heavy atom. The van der Waals surface area contributed by atoms with Gasteiger partial charge in [0.25, 0.3) is 0 Å². The van der Waals surface area contributed by atoms with Gasteiger partial charge in [-0.2, -0.15) is 0 Å². The maximum Gasteiger partial charge on any atom is 0.307 e. The van der Waals surface area contributed by atoms with Crippen LogP contribution in [0.2, 0.25) is 0 Å². The third-order valence-corrected chi connectivity index (χ3v) is 11.4. The summed E-state index contributed by atoms with van der Waals surface area (Å²) in [6.07, 6.45) is 2.47. The summed E-state index contributed by atoms with van der Waals surface area (Å²) < 4.78 is 5.40. The molecule has 2 N–H and O–H groups in total. The number of likely N-dealkylation sites (tertiary alicyclic amines) is 2. The predicted octanol–water partition coefficient (Wildman–Crippen LogP) is 7.93. The molecule has 3 heterocycles. The van der Waals surface area contributed by atoms with Crippen molar-refractivity contribution >= 4 is 46.1 Å². The SMILES string of the molecule is C.CC(C)OC(=O)C[C@@H](C(=O)N1CCC[C@H]1C(=O)Cc1ccc2[nH]c(-c3ccc(NC(=O)[C@@H]4CCCN4C(=O)[C@@H](c4ccccc4)N(C)C)cc3)cc2c1)c1ccccc1. The van der Waals surface area contributed by atoms with Crippen LogP contribution in [0.25, 0.3) is 22.2 Å². The number of carbonyl (C=O) groups excluding carboxylic acids is 5. The van der Waals surface area contributed by atoms with Gasteiger partial charge in [-0.1, -0.05) is 86.3 Å². The average Bonchev–Trinajstić information content (AvgIpc) is 4.01. The topological polar surface area (TPSA) is 132 Å². The standard InChI is InChI=1S/C48H53N5O6.CH4/c1-31(2)59-44(55)30-38(33-13-7-5-8-14-33)47(57)52-25-11-17-41(52)43(54)28-32-19-24-39-36(27-32)29-40(50-39)34-20-22-37(23-21-34)49-46(56)42-18-12-26-53(42)48(58)45(51(3)4)35-15-9-6-10-16-35;/h5-10,13-16,19-24,27,29,31,38,41-42,45,50H,11-12,17-18,25-26,28,30H2,1-4H3,(H,49,56);1H4/t38-,41+,42+,45-;/m1./s1. The molecule has 0 saturated carbocycles. The number of benzene rings is 4. The van der Waals surface area contributed by atoms with Crippen molar-refractivity contribution in [3.8, 4) is 11.3 Å². The van der Waals surface area contributed by atoms with Crippen LogP contribution in [-0.4, -0.2) is 94.5 Å². The van der Waals surface area contributed by atoms with E-state index in [-0.39, 0.29) is 49.9 Å². The van der Waals surface area contributed by atoms with Crippen molar-refractivity contribution < 1.29 is 28.7 Å². The number of hydrogen-bond donors (Lipinski definition) is 2. The number of rotatable bonds is 14. The van der Waals surface area contributed by atoms with E-state index >= 15 is 0 Å². The molecule has 0 radical (unpaired) electrons. The second kappa shape index (κ2) is 19.3. The zero-order chi connectivity index (χ0) is 41.6. The highest BCUT2D eigenvalue weighted by Crippen LogP contribution is 2.32. The van der Waals surface area contributed by atoms with Gasteiger partial charge in [0, 0.05) is 41.8 Å². The van der Waals surface area contributed by atoms with E-state index in [0.29, 0.717) is 38.0 Å². The minimum absolute atomic E-state index is 0. The number of carbonyl (C=O) groups is 5. The van der Waals surface area contributed by atoms with Crippen molar-refractivity contribution in [1.82, 2.24) is 19.7 Å². The van der Waals surface area contributed by atoms with Gasteiger partial charge in [-0.25, -0.2) is 0 Å². The number of H-pyrrole nitrogens is 1. The summed E-state index contributed by atoms with van der Waals surface area (Å²) in [5, 5.41) is 3.99. The van der Waals surface area contributed by atoms with Crippen LogP contribution in [0.1, 0.15) is 82.0 Å². The molecule has 60 heavy (non-hydrogen) atoms. The molecule has 2 aliphatic rings. The van der Waals surface area contributed by atoms with E-state index in [2.05, 4.69) is 10.3 Å². The second-order valence-electron chi connectivity index (χ2n) is 16.2. The smallest absolute Gasteiger partial charge is 0.307 e. The third-order valence-electron chi connectivity index (χ3n) is 11.4. The minimum Gasteiger partial charge on any atom is -0.463 e. The lowest BCUT2D eigenvalue weighted by Crippen LogP contribution is -2.47. The van der Waals surface area contributed by atoms with Gasteiger partial charge < -0.3 is 24.8 Å². The number of ether oxygens (including phenoxy) is 1. The van der Waals surface area contributed by atoms with Crippen molar-refractivity contribution in [3.63, 3.8) is 0 Å². The highest BCUT2D eigenvalue weighted by atomic mass is 16.5. The fourth-order valence-corrected chi connectivity index (χ4v) is 8.56. The Labute approximate surface area is 353 Å². The molecule has 4 atom stereocenters. The van der Waals surface area contributed by atoms with Gasteiger partial charge in [-0.15, -0.1) is 0 Å². The molecule has 1 aromatic heterocycles. The number of anilines is 1. The van der Waals surface area contributed by atoms with Gasteiger partial charge in [0.05, 0.1) is 24.5 Å². The van der Waals surface area contributed by atoms with Crippen LogP contribution in [0.15, 0.2) is 109 Å². The van der Waals surface area contributed by atoms with Gasteiger partial charge >= 0.3 is 5.97 Å². The number of nitrogens with one attached hydrogen (secondary N) is 2. The summed E-state index contributed by atoms with van der Waals surface area (Å²) in [6, 6.07) is 32.9. The maximum absolute atomic E-state index is 14.0. The highest BCUT2D eigenvalue weighted by molar-refractivity contribution is 5.99. The van der Waals surface area contributed by atoms with E-state index in [9.17, 15) is 24.0 Å². The number of esters is 1. The van der Waals surface area contributed by atoms with E-state index < -0.39 is 30.0 Å². The lowest BCUT2D eigenvalue weighted by atomic mass is 9.93. The molecule has 0 spiro atoms. The van der Waals surface area contributed by atoms with Crippen molar-refractivity contribution in [2.24, 2.45) is 0 Å². The Kier molecular flexibility index (Phi) is 14.0. The Bertz CT molecular complexity index is 2290. The summed E-state index contributed by atoms with van der Waals surface area (Å²) in [6.45, 7) is 4.56. The number of Topliss-reactive ketones (excluding diaryl/α,β-unsaturated/α-hetero) is 1. The molecule has 3 amide bonds. The van der Waals surface area contributed by atoms with Crippen LogP contribution in [0.4, 0.5) is 5.69 Å². The summed E-state index contributed by atoms with van der Waals surface area (Å²) in [4.78, 5) is 76.7. The highest BCUT2D eigenvalue weighted by Gasteiger charge is 2.40. The number of nitrogens with zero attached hydrogens (tertiary/aromatic N) is 3. The maximum atomic E-state index is 14.0. The quantitative estimate of drug-likeness (QED) is 0.109. The van der Waals surface area contributed by atoms with Gasteiger partial charge in [0.1, 0.15) is 12.1 Å². The van der Waals surface area contributed by atoms with Crippen molar-refractivity contribution in [1.29, 1.82) is 0 Å². The van der Waals surface area contributed by atoms with Crippen LogP contribution in [0, 0.1) is 0 Å². The molecule has 2 saturated heterocycles. The number of aromatic nitrogens is 1. The van der Waals surface area contributed by atoms with Gasteiger partial charge in [0.2, 0.25) is 17.7 Å². The van der Waals surface area contributed by atoms with Crippen LogP contribution in [0.5, 0.6) is 0 Å². The van der Waals surface area contributed by atoms with Crippen molar-refractivity contribution in [2.45, 2.75) is 89.9 Å². The summed E-state index contributed by atoms with van der Waals surface area (Å²) >= 11 is 0. The minimum atomic E-state index is -0.731. The van der Waals surface area contributed by atoms with E-state index in [0.717, 1.165) is 45.3 Å². The molecule has 0 aliphatic carbocycles. The largest absolute Gasteiger partial charge is 0.463 e.